The maximum Gasteiger partial charge on any atom is 0.193 e. The summed E-state index contributed by atoms with van der Waals surface area (Å²) in [6, 6.07) is 13.7. The molecule has 0 saturated heterocycles. The highest BCUT2D eigenvalue weighted by Gasteiger charge is 2.07. The molecular weight excluding hydrogens is 314 g/mol. The van der Waals surface area contributed by atoms with Crippen LogP contribution < -0.4 is 20.5 Å². The van der Waals surface area contributed by atoms with Crippen molar-refractivity contribution in [3.05, 3.63) is 53.6 Å². The third-order valence-electron chi connectivity index (χ3n) is 3.95. The minimum absolute atomic E-state index is 0.227. The molecule has 0 radical (unpaired) electrons. The molecule has 1 atom stereocenters. The van der Waals surface area contributed by atoms with E-state index in [0.29, 0.717) is 19.1 Å². The van der Waals surface area contributed by atoms with Crippen LogP contribution in [0.25, 0.3) is 0 Å². The van der Waals surface area contributed by atoms with E-state index >= 15 is 0 Å². The molecule has 25 heavy (non-hydrogen) atoms. The molecule has 0 heterocycles. The molecule has 2 aromatic carbocycles. The van der Waals surface area contributed by atoms with Gasteiger partial charge in [0.1, 0.15) is 0 Å². The van der Waals surface area contributed by atoms with Crippen LogP contribution >= 0.6 is 0 Å². The predicted molar refractivity (Wildman–Crippen MR) is 104 cm³/mol. The highest BCUT2D eigenvalue weighted by molar-refractivity contribution is 5.92. The SMILES string of the molecule is COc1ccccc1OCC(C)CN=C(N)Nc1ccc(C)c(C)c1. The first-order valence-corrected chi connectivity index (χ1v) is 8.39. The van der Waals surface area contributed by atoms with Gasteiger partial charge in [0.25, 0.3) is 0 Å². The number of hydrogen-bond acceptors (Lipinski definition) is 3. The van der Waals surface area contributed by atoms with Gasteiger partial charge in [0.15, 0.2) is 17.5 Å². The van der Waals surface area contributed by atoms with Crippen LogP contribution in [-0.4, -0.2) is 26.2 Å². The van der Waals surface area contributed by atoms with Crippen LogP contribution in [0.1, 0.15) is 18.1 Å². The number of benzene rings is 2. The zero-order chi connectivity index (χ0) is 18.2. The average molecular weight is 341 g/mol. The van der Waals surface area contributed by atoms with Crippen molar-refractivity contribution in [2.75, 3.05) is 25.6 Å². The summed E-state index contributed by atoms with van der Waals surface area (Å²) in [6.45, 7) is 7.35. The summed E-state index contributed by atoms with van der Waals surface area (Å²) in [5.41, 5.74) is 9.39. The highest BCUT2D eigenvalue weighted by Crippen LogP contribution is 2.26. The molecular formula is C20H27N3O2. The van der Waals surface area contributed by atoms with Gasteiger partial charge >= 0.3 is 0 Å². The predicted octanol–water partition coefficient (Wildman–Crippen LogP) is 3.75. The Hall–Kier alpha value is -2.69. The maximum absolute atomic E-state index is 5.97. The number of ether oxygens (including phenoxy) is 2. The van der Waals surface area contributed by atoms with Crippen LogP contribution in [0.5, 0.6) is 11.5 Å². The van der Waals surface area contributed by atoms with Crippen molar-refractivity contribution in [1.29, 1.82) is 0 Å². The van der Waals surface area contributed by atoms with Crippen molar-refractivity contribution < 1.29 is 9.47 Å². The average Bonchev–Trinajstić information content (AvgIpc) is 2.61. The molecule has 134 valence electrons. The molecule has 1 unspecified atom stereocenters. The quantitative estimate of drug-likeness (QED) is 0.594. The summed E-state index contributed by atoms with van der Waals surface area (Å²) < 4.78 is 11.1. The molecule has 2 rings (SSSR count). The van der Waals surface area contributed by atoms with Crippen molar-refractivity contribution in [1.82, 2.24) is 0 Å². The normalized spacial score (nSPS) is 12.6. The number of nitrogens with one attached hydrogen (secondary N) is 1. The van der Waals surface area contributed by atoms with Gasteiger partial charge in [-0.15, -0.1) is 0 Å². The second-order valence-corrected chi connectivity index (χ2v) is 6.22. The van der Waals surface area contributed by atoms with E-state index in [1.165, 1.54) is 11.1 Å². The number of guanidine groups is 1. The van der Waals surface area contributed by atoms with Gasteiger partial charge in [-0.2, -0.15) is 0 Å². The lowest BCUT2D eigenvalue weighted by molar-refractivity contribution is 0.251. The second kappa shape index (κ2) is 8.97. The number of rotatable bonds is 7. The Balaban J connectivity index is 1.84. The lowest BCUT2D eigenvalue weighted by Gasteiger charge is -2.14. The van der Waals surface area contributed by atoms with Crippen molar-refractivity contribution in [2.24, 2.45) is 16.6 Å². The summed E-state index contributed by atoms with van der Waals surface area (Å²) in [5, 5.41) is 3.12. The Labute approximate surface area is 149 Å². The van der Waals surface area contributed by atoms with E-state index < -0.39 is 0 Å². The third-order valence-corrected chi connectivity index (χ3v) is 3.95. The lowest BCUT2D eigenvalue weighted by atomic mass is 10.1. The smallest absolute Gasteiger partial charge is 0.193 e. The first-order chi connectivity index (χ1) is 12.0. The van der Waals surface area contributed by atoms with E-state index in [4.69, 9.17) is 15.2 Å². The minimum atomic E-state index is 0.227. The fourth-order valence-corrected chi connectivity index (χ4v) is 2.28. The number of aliphatic imine (C=N–C) groups is 1. The van der Waals surface area contributed by atoms with Crippen LogP contribution in [0, 0.1) is 19.8 Å². The Bertz CT molecular complexity index is 729. The van der Waals surface area contributed by atoms with Gasteiger partial charge < -0.3 is 20.5 Å². The van der Waals surface area contributed by atoms with Crippen molar-refractivity contribution in [2.45, 2.75) is 20.8 Å². The summed E-state index contributed by atoms with van der Waals surface area (Å²) in [7, 11) is 1.63. The van der Waals surface area contributed by atoms with Gasteiger partial charge in [0, 0.05) is 18.2 Å². The molecule has 0 fully saturated rings. The summed E-state index contributed by atoms with van der Waals surface area (Å²) in [5.74, 6) is 2.11. The van der Waals surface area contributed by atoms with E-state index in [2.05, 4.69) is 43.2 Å². The number of anilines is 1. The van der Waals surface area contributed by atoms with E-state index in [0.717, 1.165) is 17.2 Å². The minimum Gasteiger partial charge on any atom is -0.493 e. The molecule has 3 N–H and O–H groups in total. The second-order valence-electron chi connectivity index (χ2n) is 6.22. The number of nitrogens with two attached hydrogens (primary N) is 1. The van der Waals surface area contributed by atoms with Crippen LogP contribution in [0.4, 0.5) is 5.69 Å². The van der Waals surface area contributed by atoms with Gasteiger partial charge in [-0.3, -0.25) is 4.99 Å². The maximum atomic E-state index is 5.97. The fraction of sp³-hybridized carbons (Fsp3) is 0.350. The van der Waals surface area contributed by atoms with Gasteiger partial charge in [-0.05, 0) is 49.2 Å². The standard InChI is InChI=1S/C20H27N3O2/c1-14(13-25-19-8-6-5-7-18(19)24-4)12-22-20(21)23-17-10-9-15(2)16(3)11-17/h5-11,14H,12-13H2,1-4H3,(H3,21,22,23). The fourth-order valence-electron chi connectivity index (χ4n) is 2.28. The van der Waals surface area contributed by atoms with E-state index in [1.54, 1.807) is 7.11 Å². The van der Waals surface area contributed by atoms with Gasteiger partial charge in [0.05, 0.1) is 13.7 Å². The Morgan fingerprint density at radius 3 is 2.52 bits per heavy atom. The summed E-state index contributed by atoms with van der Waals surface area (Å²) in [4.78, 5) is 4.40. The zero-order valence-electron chi connectivity index (χ0n) is 15.4. The van der Waals surface area contributed by atoms with Gasteiger partial charge in [0.2, 0.25) is 0 Å². The van der Waals surface area contributed by atoms with Crippen LogP contribution in [0.2, 0.25) is 0 Å². The van der Waals surface area contributed by atoms with E-state index in [-0.39, 0.29) is 5.92 Å². The molecule has 5 heteroatoms. The third kappa shape index (κ3) is 5.71. The lowest BCUT2D eigenvalue weighted by Crippen LogP contribution is -2.24. The van der Waals surface area contributed by atoms with Gasteiger partial charge in [-0.25, -0.2) is 0 Å². The molecule has 5 nitrogen and oxygen atoms in total. The Kier molecular flexibility index (Phi) is 6.69. The number of hydrogen-bond donors (Lipinski definition) is 2. The number of nitrogens with zero attached hydrogens (tertiary/aromatic N) is 1. The summed E-state index contributed by atoms with van der Waals surface area (Å²) >= 11 is 0. The summed E-state index contributed by atoms with van der Waals surface area (Å²) in [6.07, 6.45) is 0. The highest BCUT2D eigenvalue weighted by atomic mass is 16.5. The molecule has 0 saturated carbocycles. The molecule has 0 aliphatic carbocycles. The van der Waals surface area contributed by atoms with Gasteiger partial charge in [-0.1, -0.05) is 25.1 Å². The zero-order valence-corrected chi connectivity index (χ0v) is 15.4. The van der Waals surface area contributed by atoms with E-state index in [1.807, 2.05) is 30.3 Å². The van der Waals surface area contributed by atoms with Crippen molar-refractivity contribution in [3.8, 4) is 11.5 Å². The molecule has 0 bridgehead atoms. The van der Waals surface area contributed by atoms with Crippen LogP contribution in [-0.2, 0) is 0 Å². The van der Waals surface area contributed by atoms with Crippen LogP contribution in [0.3, 0.4) is 0 Å². The number of para-hydroxylation sites is 2. The van der Waals surface area contributed by atoms with Crippen LogP contribution in [0.15, 0.2) is 47.5 Å². The first kappa shape index (κ1) is 18.6. The molecule has 0 spiro atoms. The van der Waals surface area contributed by atoms with Crippen molar-refractivity contribution >= 4 is 11.6 Å². The monoisotopic (exact) mass is 341 g/mol. The molecule has 0 aromatic heterocycles. The van der Waals surface area contributed by atoms with Crippen molar-refractivity contribution in [3.63, 3.8) is 0 Å². The molecule has 0 amide bonds. The Morgan fingerprint density at radius 1 is 1.12 bits per heavy atom. The van der Waals surface area contributed by atoms with E-state index in [9.17, 15) is 0 Å². The molecule has 2 aromatic rings. The number of methoxy groups -OCH3 is 1. The molecule has 0 aliphatic rings. The first-order valence-electron chi connectivity index (χ1n) is 8.39. The largest absolute Gasteiger partial charge is 0.493 e. The number of aryl methyl sites for hydroxylation is 2. The Morgan fingerprint density at radius 2 is 1.84 bits per heavy atom. The molecule has 0 aliphatic heterocycles. The topological polar surface area (TPSA) is 68.9 Å².